The quantitative estimate of drug-likeness (QED) is 0.624. The third-order valence-corrected chi connectivity index (χ3v) is 3.73. The molecule has 0 unspecified atom stereocenters. The summed E-state index contributed by atoms with van der Waals surface area (Å²) in [7, 11) is 0. The van der Waals surface area contributed by atoms with Crippen molar-refractivity contribution in [3.63, 3.8) is 0 Å². The molecule has 0 saturated heterocycles. The molecule has 0 atom stereocenters. The number of carboxylic acids is 1. The SMILES string of the molecule is O=C(O)CCCCCCNC(=O)Cn1nnc(-c2ccc(Cl)cc2)n1. The summed E-state index contributed by atoms with van der Waals surface area (Å²) in [5, 5.41) is 23.9. The van der Waals surface area contributed by atoms with Gasteiger partial charge in [-0.2, -0.15) is 4.80 Å². The Morgan fingerprint density at radius 1 is 1.12 bits per heavy atom. The largest absolute Gasteiger partial charge is 0.481 e. The van der Waals surface area contributed by atoms with Gasteiger partial charge in [-0.3, -0.25) is 9.59 Å². The molecule has 0 aliphatic rings. The lowest BCUT2D eigenvalue weighted by atomic mass is 10.1. The molecule has 0 aliphatic carbocycles. The Morgan fingerprint density at radius 3 is 2.56 bits per heavy atom. The zero-order valence-corrected chi connectivity index (χ0v) is 14.4. The molecule has 1 amide bonds. The topological polar surface area (TPSA) is 110 Å². The molecule has 8 nitrogen and oxygen atoms in total. The number of nitrogens with one attached hydrogen (secondary N) is 1. The van der Waals surface area contributed by atoms with Gasteiger partial charge in [0.15, 0.2) is 0 Å². The van der Waals surface area contributed by atoms with Crippen LogP contribution in [0.3, 0.4) is 0 Å². The molecular formula is C16H20ClN5O3. The van der Waals surface area contributed by atoms with Gasteiger partial charge in [0.05, 0.1) is 0 Å². The van der Waals surface area contributed by atoms with Crippen LogP contribution >= 0.6 is 11.6 Å². The van der Waals surface area contributed by atoms with Crippen molar-refractivity contribution in [3.8, 4) is 11.4 Å². The van der Waals surface area contributed by atoms with Crippen LogP contribution in [0.5, 0.6) is 0 Å². The van der Waals surface area contributed by atoms with E-state index in [4.69, 9.17) is 16.7 Å². The third-order valence-electron chi connectivity index (χ3n) is 3.48. The predicted molar refractivity (Wildman–Crippen MR) is 92.0 cm³/mol. The van der Waals surface area contributed by atoms with E-state index in [0.717, 1.165) is 24.8 Å². The highest BCUT2D eigenvalue weighted by Crippen LogP contribution is 2.16. The van der Waals surface area contributed by atoms with Gasteiger partial charge in [-0.1, -0.05) is 24.4 Å². The number of hydrogen-bond donors (Lipinski definition) is 2. The molecule has 25 heavy (non-hydrogen) atoms. The van der Waals surface area contributed by atoms with E-state index in [0.29, 0.717) is 23.8 Å². The molecule has 0 aliphatic heterocycles. The molecule has 9 heteroatoms. The number of unbranched alkanes of at least 4 members (excludes halogenated alkanes) is 3. The molecule has 2 N–H and O–H groups in total. The van der Waals surface area contributed by atoms with Gasteiger partial charge in [-0.25, -0.2) is 0 Å². The van der Waals surface area contributed by atoms with E-state index in [9.17, 15) is 9.59 Å². The minimum atomic E-state index is -0.772. The molecule has 2 aromatic rings. The standard InChI is InChI=1S/C16H20ClN5O3/c17-13-8-6-12(7-9-13)16-19-21-22(20-16)11-14(23)18-10-4-2-1-3-5-15(24)25/h6-9H,1-5,10-11H2,(H,18,23)(H,24,25). The molecule has 2 rings (SSSR count). The highest BCUT2D eigenvalue weighted by atomic mass is 35.5. The Balaban J connectivity index is 1.67. The number of halogens is 1. The minimum Gasteiger partial charge on any atom is -0.481 e. The molecule has 1 aromatic heterocycles. The van der Waals surface area contributed by atoms with Crippen LogP contribution in [-0.4, -0.2) is 43.7 Å². The lowest BCUT2D eigenvalue weighted by Gasteiger charge is -2.04. The van der Waals surface area contributed by atoms with Crippen molar-refractivity contribution >= 4 is 23.5 Å². The second kappa shape index (κ2) is 9.73. The molecule has 0 fully saturated rings. The molecule has 0 spiro atoms. The number of tetrazole rings is 1. The zero-order valence-electron chi connectivity index (χ0n) is 13.7. The van der Waals surface area contributed by atoms with Gasteiger partial charge in [-0.15, -0.1) is 10.2 Å². The lowest BCUT2D eigenvalue weighted by Crippen LogP contribution is -2.29. The average Bonchev–Trinajstić information content (AvgIpc) is 3.02. The highest BCUT2D eigenvalue weighted by molar-refractivity contribution is 6.30. The van der Waals surface area contributed by atoms with Crippen LogP contribution in [0.4, 0.5) is 0 Å². The van der Waals surface area contributed by atoms with E-state index in [1.165, 1.54) is 4.80 Å². The number of nitrogens with zero attached hydrogens (tertiary/aromatic N) is 4. The monoisotopic (exact) mass is 365 g/mol. The van der Waals surface area contributed by atoms with Crippen LogP contribution in [0, 0.1) is 0 Å². The summed E-state index contributed by atoms with van der Waals surface area (Å²) in [5.41, 5.74) is 0.775. The number of hydrogen-bond acceptors (Lipinski definition) is 5. The van der Waals surface area contributed by atoms with Crippen molar-refractivity contribution in [3.05, 3.63) is 29.3 Å². The van der Waals surface area contributed by atoms with Gasteiger partial charge < -0.3 is 10.4 Å². The van der Waals surface area contributed by atoms with Gasteiger partial charge in [-0.05, 0) is 42.3 Å². The maximum atomic E-state index is 11.8. The summed E-state index contributed by atoms with van der Waals surface area (Å²) >= 11 is 5.83. The number of carboxylic acid groups (broad SMARTS) is 1. The van der Waals surface area contributed by atoms with Gasteiger partial charge in [0.2, 0.25) is 11.7 Å². The van der Waals surface area contributed by atoms with Crippen molar-refractivity contribution < 1.29 is 14.7 Å². The molecule has 1 heterocycles. The van der Waals surface area contributed by atoms with Crippen molar-refractivity contribution in [2.24, 2.45) is 0 Å². The number of aliphatic carboxylic acids is 1. The lowest BCUT2D eigenvalue weighted by molar-refractivity contribution is -0.137. The van der Waals surface area contributed by atoms with Crippen molar-refractivity contribution in [1.82, 2.24) is 25.5 Å². The van der Waals surface area contributed by atoms with Crippen LogP contribution < -0.4 is 5.32 Å². The number of benzene rings is 1. The summed E-state index contributed by atoms with van der Waals surface area (Å²) in [6, 6.07) is 7.05. The maximum absolute atomic E-state index is 11.8. The first-order chi connectivity index (χ1) is 12.0. The Bertz CT molecular complexity index is 702. The van der Waals surface area contributed by atoms with Gasteiger partial charge in [0.1, 0.15) is 6.54 Å². The normalized spacial score (nSPS) is 10.6. The van der Waals surface area contributed by atoms with Crippen molar-refractivity contribution in [1.29, 1.82) is 0 Å². The number of carbonyl (C=O) groups is 2. The summed E-state index contributed by atoms with van der Waals surface area (Å²) < 4.78 is 0. The molecule has 0 bridgehead atoms. The van der Waals surface area contributed by atoms with Crippen molar-refractivity contribution in [2.45, 2.75) is 38.6 Å². The summed E-state index contributed by atoms with van der Waals surface area (Å²) in [6.45, 7) is 0.546. The first-order valence-corrected chi connectivity index (χ1v) is 8.44. The number of rotatable bonds is 10. The fourth-order valence-corrected chi connectivity index (χ4v) is 2.32. The predicted octanol–water partition coefficient (Wildman–Crippen LogP) is 2.14. The molecular weight excluding hydrogens is 346 g/mol. The molecule has 134 valence electrons. The summed E-state index contributed by atoms with van der Waals surface area (Å²) in [4.78, 5) is 23.5. The Morgan fingerprint density at radius 2 is 1.84 bits per heavy atom. The second-order valence-electron chi connectivity index (χ2n) is 5.56. The first-order valence-electron chi connectivity index (χ1n) is 8.07. The minimum absolute atomic E-state index is 0.000393. The van der Waals surface area contributed by atoms with Crippen LogP contribution in [-0.2, 0) is 16.1 Å². The molecule has 1 aromatic carbocycles. The number of aromatic nitrogens is 4. The number of amides is 1. The molecule has 0 radical (unpaired) electrons. The van der Waals surface area contributed by atoms with Crippen LogP contribution in [0.25, 0.3) is 11.4 Å². The Labute approximate surface area is 150 Å². The van der Waals surface area contributed by atoms with E-state index in [2.05, 4.69) is 20.7 Å². The smallest absolute Gasteiger partial charge is 0.303 e. The van der Waals surface area contributed by atoms with Gasteiger partial charge >= 0.3 is 5.97 Å². The fourth-order valence-electron chi connectivity index (χ4n) is 2.19. The summed E-state index contributed by atoms with van der Waals surface area (Å²) in [5.74, 6) is -0.528. The molecule has 0 saturated carbocycles. The third kappa shape index (κ3) is 6.88. The first kappa shape index (κ1) is 18.9. The second-order valence-corrected chi connectivity index (χ2v) is 5.99. The Hall–Kier alpha value is -2.48. The van der Waals surface area contributed by atoms with Gasteiger partial charge in [0, 0.05) is 23.6 Å². The van der Waals surface area contributed by atoms with E-state index in [1.54, 1.807) is 24.3 Å². The summed E-state index contributed by atoms with van der Waals surface area (Å²) in [6.07, 6.45) is 3.40. The van der Waals surface area contributed by atoms with Crippen LogP contribution in [0.15, 0.2) is 24.3 Å². The van der Waals surface area contributed by atoms with Crippen LogP contribution in [0.2, 0.25) is 5.02 Å². The fraction of sp³-hybridized carbons (Fsp3) is 0.438. The van der Waals surface area contributed by atoms with E-state index < -0.39 is 5.97 Å². The maximum Gasteiger partial charge on any atom is 0.303 e. The van der Waals surface area contributed by atoms with Gasteiger partial charge in [0.25, 0.3) is 0 Å². The average molecular weight is 366 g/mol. The number of carbonyl (C=O) groups excluding carboxylic acids is 1. The van der Waals surface area contributed by atoms with E-state index in [1.807, 2.05) is 0 Å². The highest BCUT2D eigenvalue weighted by Gasteiger charge is 2.09. The van der Waals surface area contributed by atoms with E-state index >= 15 is 0 Å². The van der Waals surface area contributed by atoms with Crippen molar-refractivity contribution in [2.75, 3.05) is 6.54 Å². The zero-order chi connectivity index (χ0) is 18.1. The Kier molecular flexibility index (Phi) is 7.34. The van der Waals surface area contributed by atoms with Crippen LogP contribution in [0.1, 0.15) is 32.1 Å². The van der Waals surface area contributed by atoms with E-state index in [-0.39, 0.29) is 18.9 Å².